The molecule has 1 amide bonds. The van der Waals surface area contributed by atoms with Gasteiger partial charge in [-0.1, -0.05) is 24.3 Å². The van der Waals surface area contributed by atoms with Gasteiger partial charge in [0.1, 0.15) is 5.75 Å². The monoisotopic (exact) mass is 354 g/mol. The van der Waals surface area contributed by atoms with Gasteiger partial charge in [0, 0.05) is 0 Å². The molecule has 0 bridgehead atoms. The number of ether oxygens (including phenoxy) is 1. The summed E-state index contributed by atoms with van der Waals surface area (Å²) in [5.41, 5.74) is 2.98. The van der Waals surface area contributed by atoms with E-state index < -0.39 is 0 Å². The van der Waals surface area contributed by atoms with Crippen molar-refractivity contribution < 1.29 is 14.4 Å². The fourth-order valence-electron chi connectivity index (χ4n) is 3.40. The molecule has 1 fully saturated rings. The Morgan fingerprint density at radius 3 is 2.46 bits per heavy atom. The smallest absolute Gasteiger partial charge is 0.228 e. The maximum Gasteiger partial charge on any atom is 0.228 e. The van der Waals surface area contributed by atoms with Crippen LogP contribution in [0.5, 0.6) is 5.75 Å². The molecule has 0 unspecified atom stereocenters. The summed E-state index contributed by atoms with van der Waals surface area (Å²) in [6.07, 6.45) is 0.353. The van der Waals surface area contributed by atoms with E-state index in [0.717, 1.165) is 48.9 Å². The minimum Gasteiger partial charge on any atom is -0.497 e. The number of rotatable bonds is 6. The molecular weight excluding hydrogens is 326 g/mol. The third-order valence-corrected chi connectivity index (χ3v) is 5.01. The molecular formula is C21H28N3O2+. The Morgan fingerprint density at radius 2 is 1.81 bits per heavy atom. The summed E-state index contributed by atoms with van der Waals surface area (Å²) in [6, 6.07) is 15.7. The van der Waals surface area contributed by atoms with E-state index in [4.69, 9.17) is 4.74 Å². The van der Waals surface area contributed by atoms with Crippen LogP contribution in [0, 0.1) is 0 Å². The van der Waals surface area contributed by atoms with Gasteiger partial charge in [0.2, 0.25) is 5.91 Å². The molecule has 26 heavy (non-hydrogen) atoms. The van der Waals surface area contributed by atoms with Crippen LogP contribution in [-0.4, -0.2) is 45.7 Å². The molecule has 2 N–H and O–H groups in total. The first-order valence-electron chi connectivity index (χ1n) is 9.30. The Balaban J connectivity index is 1.65. The van der Waals surface area contributed by atoms with E-state index >= 15 is 0 Å². The van der Waals surface area contributed by atoms with E-state index in [2.05, 4.69) is 23.2 Å². The van der Waals surface area contributed by atoms with Gasteiger partial charge in [-0.05, 0) is 36.8 Å². The first kappa shape index (κ1) is 18.3. The van der Waals surface area contributed by atoms with Crippen LogP contribution in [0.15, 0.2) is 48.5 Å². The first-order valence-corrected chi connectivity index (χ1v) is 9.30. The van der Waals surface area contributed by atoms with Gasteiger partial charge in [-0.25, -0.2) is 0 Å². The predicted octanol–water partition coefficient (Wildman–Crippen LogP) is 1.60. The number of carbonyl (C=O) groups is 1. The van der Waals surface area contributed by atoms with E-state index in [0.29, 0.717) is 6.42 Å². The van der Waals surface area contributed by atoms with E-state index in [-0.39, 0.29) is 5.91 Å². The lowest BCUT2D eigenvalue weighted by Crippen LogP contribution is -3.14. The van der Waals surface area contributed by atoms with Gasteiger partial charge in [-0.3, -0.25) is 4.79 Å². The zero-order chi connectivity index (χ0) is 18.4. The molecule has 1 heterocycles. The molecule has 2 aromatic carbocycles. The lowest BCUT2D eigenvalue weighted by molar-refractivity contribution is -0.898. The predicted molar refractivity (Wildman–Crippen MR) is 105 cm³/mol. The van der Waals surface area contributed by atoms with Crippen molar-refractivity contribution in [2.45, 2.75) is 13.3 Å². The quantitative estimate of drug-likeness (QED) is 0.828. The van der Waals surface area contributed by atoms with Crippen LogP contribution in [0.1, 0.15) is 12.5 Å². The topological polar surface area (TPSA) is 46.0 Å². The van der Waals surface area contributed by atoms with Crippen molar-refractivity contribution >= 4 is 17.3 Å². The van der Waals surface area contributed by atoms with Crippen LogP contribution >= 0.6 is 0 Å². The molecule has 0 spiro atoms. The summed E-state index contributed by atoms with van der Waals surface area (Å²) in [6.45, 7) is 7.74. The molecule has 5 nitrogen and oxygen atoms in total. The van der Waals surface area contributed by atoms with Crippen LogP contribution in [0.25, 0.3) is 0 Å². The number of benzene rings is 2. The fourth-order valence-corrected chi connectivity index (χ4v) is 3.40. The number of piperazine rings is 1. The number of anilines is 2. The average molecular weight is 354 g/mol. The van der Waals surface area contributed by atoms with E-state index in [1.54, 1.807) is 12.0 Å². The Hall–Kier alpha value is -2.53. The van der Waals surface area contributed by atoms with Gasteiger partial charge in [0.15, 0.2) is 0 Å². The van der Waals surface area contributed by atoms with Crippen molar-refractivity contribution in [3.05, 3.63) is 54.1 Å². The van der Waals surface area contributed by atoms with Crippen molar-refractivity contribution in [3.8, 4) is 5.75 Å². The normalized spacial score (nSPS) is 14.9. The maximum absolute atomic E-state index is 12.5. The average Bonchev–Trinajstić information content (AvgIpc) is 2.69. The summed E-state index contributed by atoms with van der Waals surface area (Å²) in [5, 5.41) is 3.09. The minimum atomic E-state index is 0.000404. The van der Waals surface area contributed by atoms with Crippen molar-refractivity contribution in [2.75, 3.05) is 50.1 Å². The Morgan fingerprint density at radius 1 is 1.12 bits per heavy atom. The number of hydrogen-bond donors (Lipinski definition) is 2. The van der Waals surface area contributed by atoms with Crippen molar-refractivity contribution in [2.24, 2.45) is 0 Å². The van der Waals surface area contributed by atoms with E-state index in [9.17, 15) is 4.79 Å². The van der Waals surface area contributed by atoms with Gasteiger partial charge in [0.25, 0.3) is 0 Å². The number of carbonyl (C=O) groups excluding carboxylic acids is 1. The number of para-hydroxylation sites is 2. The number of amides is 1. The third kappa shape index (κ3) is 4.55. The van der Waals surface area contributed by atoms with Crippen LogP contribution in [0.3, 0.4) is 0 Å². The molecule has 3 rings (SSSR count). The minimum absolute atomic E-state index is 0.000404. The second kappa shape index (κ2) is 8.72. The number of methoxy groups -OCH3 is 1. The lowest BCUT2D eigenvalue weighted by Gasteiger charge is -2.34. The molecule has 0 radical (unpaired) electrons. The lowest BCUT2D eigenvalue weighted by atomic mass is 10.1. The van der Waals surface area contributed by atoms with Gasteiger partial charge in [0.05, 0.1) is 57.6 Å². The van der Waals surface area contributed by atoms with Gasteiger partial charge >= 0.3 is 0 Å². The van der Waals surface area contributed by atoms with Crippen LogP contribution in [-0.2, 0) is 11.2 Å². The summed E-state index contributed by atoms with van der Waals surface area (Å²) in [4.78, 5) is 16.5. The largest absolute Gasteiger partial charge is 0.497 e. The SMILES string of the molecule is CC[NH+]1CCN(c2ccccc2NC(=O)Cc2ccc(OC)cc2)CC1. The number of likely N-dealkylation sites (N-methyl/N-ethyl adjacent to an activating group) is 1. The highest BCUT2D eigenvalue weighted by Crippen LogP contribution is 2.25. The third-order valence-electron chi connectivity index (χ3n) is 5.01. The molecule has 0 aliphatic carbocycles. The molecule has 1 saturated heterocycles. The van der Waals surface area contributed by atoms with Crippen molar-refractivity contribution in [1.82, 2.24) is 0 Å². The number of nitrogens with one attached hydrogen (secondary N) is 2. The Bertz CT molecular complexity index is 722. The van der Waals surface area contributed by atoms with Crippen molar-refractivity contribution in [1.29, 1.82) is 0 Å². The van der Waals surface area contributed by atoms with Gasteiger partial charge < -0.3 is 19.9 Å². The van der Waals surface area contributed by atoms with E-state index in [1.165, 1.54) is 6.54 Å². The molecule has 0 atom stereocenters. The van der Waals surface area contributed by atoms with Crippen LogP contribution in [0.2, 0.25) is 0 Å². The summed E-state index contributed by atoms with van der Waals surface area (Å²) in [7, 11) is 1.64. The zero-order valence-corrected chi connectivity index (χ0v) is 15.6. The van der Waals surface area contributed by atoms with Gasteiger partial charge in [-0.15, -0.1) is 0 Å². The summed E-state index contributed by atoms with van der Waals surface area (Å²) >= 11 is 0. The first-order chi connectivity index (χ1) is 12.7. The molecule has 2 aromatic rings. The number of nitrogens with zero attached hydrogens (tertiary/aromatic N) is 1. The summed E-state index contributed by atoms with van der Waals surface area (Å²) in [5.74, 6) is 0.799. The second-order valence-electron chi connectivity index (χ2n) is 6.68. The maximum atomic E-state index is 12.5. The highest BCUT2D eigenvalue weighted by atomic mass is 16.5. The van der Waals surface area contributed by atoms with Gasteiger partial charge in [-0.2, -0.15) is 0 Å². The summed E-state index contributed by atoms with van der Waals surface area (Å²) < 4.78 is 5.16. The molecule has 5 heteroatoms. The molecule has 138 valence electrons. The Kier molecular flexibility index (Phi) is 6.12. The number of quaternary nitrogens is 1. The second-order valence-corrected chi connectivity index (χ2v) is 6.68. The molecule has 1 aliphatic heterocycles. The Labute approximate surface area is 155 Å². The highest BCUT2D eigenvalue weighted by Gasteiger charge is 2.21. The molecule has 0 aromatic heterocycles. The van der Waals surface area contributed by atoms with Crippen LogP contribution in [0.4, 0.5) is 11.4 Å². The standard InChI is InChI=1S/C21H27N3O2/c1-3-23-12-14-24(15-13-23)20-7-5-4-6-19(20)22-21(25)16-17-8-10-18(26-2)11-9-17/h4-11H,3,12-16H2,1-2H3,(H,22,25)/p+1. The van der Waals surface area contributed by atoms with E-state index in [1.807, 2.05) is 42.5 Å². The zero-order valence-electron chi connectivity index (χ0n) is 15.6. The van der Waals surface area contributed by atoms with Crippen molar-refractivity contribution in [3.63, 3.8) is 0 Å². The highest BCUT2D eigenvalue weighted by molar-refractivity contribution is 5.95. The fraction of sp³-hybridized carbons (Fsp3) is 0.381. The van der Waals surface area contributed by atoms with Crippen LogP contribution < -0.4 is 19.9 Å². The molecule has 0 saturated carbocycles. The molecule has 1 aliphatic rings. The number of hydrogen-bond acceptors (Lipinski definition) is 3.